The molecular formula is C15H21N3O. The number of nitrogens with two attached hydrogens (primary N) is 1. The second-order valence-electron chi connectivity index (χ2n) is 4.57. The molecule has 102 valence electrons. The molecule has 1 aromatic carbocycles. The lowest BCUT2D eigenvalue weighted by Crippen LogP contribution is -2.06. The molecule has 4 nitrogen and oxygen atoms in total. The highest BCUT2D eigenvalue weighted by atomic mass is 16.5. The second-order valence-corrected chi connectivity index (χ2v) is 4.57. The SMILES string of the molecule is CCCc1nccn1Cc1ccc(OC)c(CN)c1. The Hall–Kier alpha value is -1.81. The second kappa shape index (κ2) is 6.38. The molecule has 4 heteroatoms. The maximum absolute atomic E-state index is 5.75. The molecule has 2 rings (SSSR count). The summed E-state index contributed by atoms with van der Waals surface area (Å²) < 4.78 is 7.48. The van der Waals surface area contributed by atoms with E-state index in [1.54, 1.807) is 7.11 Å². The summed E-state index contributed by atoms with van der Waals surface area (Å²) in [4.78, 5) is 4.39. The van der Waals surface area contributed by atoms with Crippen molar-refractivity contribution in [1.82, 2.24) is 9.55 Å². The Balaban J connectivity index is 2.21. The fraction of sp³-hybridized carbons (Fsp3) is 0.400. The monoisotopic (exact) mass is 259 g/mol. The van der Waals surface area contributed by atoms with Gasteiger partial charge in [0.05, 0.1) is 7.11 Å². The minimum absolute atomic E-state index is 0.489. The van der Waals surface area contributed by atoms with Gasteiger partial charge in [0, 0.05) is 37.5 Å². The average Bonchev–Trinajstić information content (AvgIpc) is 2.86. The van der Waals surface area contributed by atoms with E-state index in [1.807, 2.05) is 18.5 Å². The van der Waals surface area contributed by atoms with Gasteiger partial charge in [-0.05, 0) is 24.1 Å². The number of methoxy groups -OCH3 is 1. The van der Waals surface area contributed by atoms with E-state index in [-0.39, 0.29) is 0 Å². The fourth-order valence-corrected chi connectivity index (χ4v) is 2.22. The van der Waals surface area contributed by atoms with Crippen molar-refractivity contribution in [3.63, 3.8) is 0 Å². The summed E-state index contributed by atoms with van der Waals surface area (Å²) in [6, 6.07) is 6.16. The van der Waals surface area contributed by atoms with Crippen LogP contribution in [0.1, 0.15) is 30.3 Å². The predicted octanol–water partition coefficient (Wildman–Crippen LogP) is 2.35. The van der Waals surface area contributed by atoms with Crippen LogP contribution in [0.5, 0.6) is 5.75 Å². The molecule has 0 amide bonds. The third-order valence-corrected chi connectivity index (χ3v) is 3.19. The summed E-state index contributed by atoms with van der Waals surface area (Å²) >= 11 is 0. The number of aryl methyl sites for hydroxylation is 1. The van der Waals surface area contributed by atoms with E-state index in [2.05, 4.69) is 28.6 Å². The van der Waals surface area contributed by atoms with Crippen LogP contribution >= 0.6 is 0 Å². The zero-order valence-corrected chi connectivity index (χ0v) is 11.6. The van der Waals surface area contributed by atoms with Crippen LogP contribution in [0.2, 0.25) is 0 Å². The number of aromatic nitrogens is 2. The molecule has 0 saturated heterocycles. The van der Waals surface area contributed by atoms with Crippen molar-refractivity contribution in [3.05, 3.63) is 47.5 Å². The molecule has 0 radical (unpaired) electrons. The molecule has 2 N–H and O–H groups in total. The first-order valence-corrected chi connectivity index (χ1v) is 6.64. The zero-order valence-electron chi connectivity index (χ0n) is 11.6. The van der Waals surface area contributed by atoms with Crippen LogP contribution in [-0.2, 0) is 19.5 Å². The number of benzene rings is 1. The maximum atomic E-state index is 5.75. The minimum atomic E-state index is 0.489. The van der Waals surface area contributed by atoms with E-state index in [4.69, 9.17) is 10.5 Å². The Morgan fingerprint density at radius 1 is 1.37 bits per heavy atom. The lowest BCUT2D eigenvalue weighted by molar-refractivity contribution is 0.409. The minimum Gasteiger partial charge on any atom is -0.496 e. The number of ether oxygens (including phenoxy) is 1. The summed E-state index contributed by atoms with van der Waals surface area (Å²) in [5.41, 5.74) is 8.01. The molecule has 0 fully saturated rings. The lowest BCUT2D eigenvalue weighted by Gasteiger charge is -2.11. The molecule has 0 aliphatic carbocycles. The highest BCUT2D eigenvalue weighted by molar-refractivity contribution is 5.37. The van der Waals surface area contributed by atoms with E-state index in [9.17, 15) is 0 Å². The average molecular weight is 259 g/mol. The summed E-state index contributed by atoms with van der Waals surface area (Å²) in [7, 11) is 1.67. The quantitative estimate of drug-likeness (QED) is 0.866. The van der Waals surface area contributed by atoms with Gasteiger partial charge in [0.2, 0.25) is 0 Å². The smallest absolute Gasteiger partial charge is 0.123 e. The van der Waals surface area contributed by atoms with Crippen LogP contribution in [0.15, 0.2) is 30.6 Å². The fourth-order valence-electron chi connectivity index (χ4n) is 2.22. The molecule has 2 aromatic rings. The molecule has 0 saturated carbocycles. The highest BCUT2D eigenvalue weighted by Crippen LogP contribution is 2.20. The van der Waals surface area contributed by atoms with Crippen molar-refractivity contribution in [2.45, 2.75) is 32.9 Å². The predicted molar refractivity (Wildman–Crippen MR) is 76.2 cm³/mol. The van der Waals surface area contributed by atoms with Crippen molar-refractivity contribution in [2.24, 2.45) is 5.73 Å². The van der Waals surface area contributed by atoms with Crippen LogP contribution in [0.4, 0.5) is 0 Å². The van der Waals surface area contributed by atoms with E-state index in [0.717, 1.165) is 36.5 Å². The lowest BCUT2D eigenvalue weighted by atomic mass is 10.1. The van der Waals surface area contributed by atoms with Crippen LogP contribution < -0.4 is 10.5 Å². The van der Waals surface area contributed by atoms with Gasteiger partial charge in [-0.2, -0.15) is 0 Å². The van der Waals surface area contributed by atoms with E-state index >= 15 is 0 Å². The Morgan fingerprint density at radius 3 is 2.89 bits per heavy atom. The number of rotatable bonds is 6. The summed E-state index contributed by atoms with van der Waals surface area (Å²) in [5.74, 6) is 1.98. The molecule has 0 bridgehead atoms. The highest BCUT2D eigenvalue weighted by Gasteiger charge is 2.06. The molecule has 0 spiro atoms. The molecule has 0 unspecified atom stereocenters. The van der Waals surface area contributed by atoms with Gasteiger partial charge in [0.25, 0.3) is 0 Å². The standard InChI is InChI=1S/C15H21N3O/c1-3-4-15-17-7-8-18(15)11-12-5-6-14(19-2)13(9-12)10-16/h5-9H,3-4,10-11,16H2,1-2H3. The molecule has 1 heterocycles. The van der Waals surface area contributed by atoms with Gasteiger partial charge in [-0.3, -0.25) is 0 Å². The van der Waals surface area contributed by atoms with Crippen molar-refractivity contribution < 1.29 is 4.74 Å². The van der Waals surface area contributed by atoms with Gasteiger partial charge in [-0.25, -0.2) is 4.98 Å². The van der Waals surface area contributed by atoms with Crippen molar-refractivity contribution in [2.75, 3.05) is 7.11 Å². The number of imidazole rings is 1. The van der Waals surface area contributed by atoms with Crippen LogP contribution in [0.3, 0.4) is 0 Å². The van der Waals surface area contributed by atoms with Crippen molar-refractivity contribution in [1.29, 1.82) is 0 Å². The van der Waals surface area contributed by atoms with Gasteiger partial charge in [0.15, 0.2) is 0 Å². The van der Waals surface area contributed by atoms with Crippen LogP contribution in [0, 0.1) is 0 Å². The van der Waals surface area contributed by atoms with Gasteiger partial charge < -0.3 is 15.0 Å². The maximum Gasteiger partial charge on any atom is 0.123 e. The first-order valence-electron chi connectivity index (χ1n) is 6.64. The number of hydrogen-bond acceptors (Lipinski definition) is 3. The Labute approximate surface area is 114 Å². The van der Waals surface area contributed by atoms with Crippen LogP contribution in [-0.4, -0.2) is 16.7 Å². The summed E-state index contributed by atoms with van der Waals surface area (Å²) in [5, 5.41) is 0. The normalized spacial score (nSPS) is 10.7. The number of nitrogens with zero attached hydrogens (tertiary/aromatic N) is 2. The first kappa shape index (κ1) is 13.6. The van der Waals surface area contributed by atoms with Crippen LogP contribution in [0.25, 0.3) is 0 Å². The molecular weight excluding hydrogens is 238 g/mol. The molecule has 0 atom stereocenters. The van der Waals surface area contributed by atoms with Gasteiger partial charge in [-0.1, -0.05) is 13.0 Å². The Kier molecular flexibility index (Phi) is 4.58. The molecule has 1 aromatic heterocycles. The Bertz CT molecular complexity index is 534. The van der Waals surface area contributed by atoms with E-state index < -0.39 is 0 Å². The third kappa shape index (κ3) is 3.15. The van der Waals surface area contributed by atoms with Crippen molar-refractivity contribution >= 4 is 0 Å². The summed E-state index contributed by atoms with van der Waals surface area (Å²) in [6.07, 6.45) is 6.00. The van der Waals surface area contributed by atoms with Gasteiger partial charge in [-0.15, -0.1) is 0 Å². The Morgan fingerprint density at radius 2 is 2.21 bits per heavy atom. The summed E-state index contributed by atoms with van der Waals surface area (Å²) in [6.45, 7) is 3.48. The van der Waals surface area contributed by atoms with Gasteiger partial charge >= 0.3 is 0 Å². The van der Waals surface area contributed by atoms with E-state index in [1.165, 1.54) is 5.56 Å². The third-order valence-electron chi connectivity index (χ3n) is 3.19. The number of hydrogen-bond donors (Lipinski definition) is 1. The van der Waals surface area contributed by atoms with E-state index in [0.29, 0.717) is 6.54 Å². The molecule has 0 aliphatic heterocycles. The topological polar surface area (TPSA) is 53.1 Å². The molecule has 19 heavy (non-hydrogen) atoms. The molecule has 0 aliphatic rings. The van der Waals surface area contributed by atoms with Gasteiger partial charge in [0.1, 0.15) is 11.6 Å². The zero-order chi connectivity index (χ0) is 13.7. The van der Waals surface area contributed by atoms with Crippen molar-refractivity contribution in [3.8, 4) is 5.75 Å². The largest absolute Gasteiger partial charge is 0.496 e. The first-order chi connectivity index (χ1) is 9.28.